The highest BCUT2D eigenvalue weighted by Gasteiger charge is 2.66. The normalized spacial score (nSPS) is 38.8. The van der Waals surface area contributed by atoms with Crippen LogP contribution >= 0.6 is 0 Å². The molecule has 28 heavy (non-hydrogen) atoms. The maximum Gasteiger partial charge on any atom is 0.244 e. The lowest BCUT2D eigenvalue weighted by Gasteiger charge is -2.64. The topological polar surface area (TPSA) is 61.8 Å². The van der Waals surface area contributed by atoms with Gasteiger partial charge in [-0.3, -0.25) is 9.69 Å². The number of piperidine rings is 1. The Balaban J connectivity index is 1.51. The number of rotatable bonds is 3. The van der Waals surface area contributed by atoms with Crippen LogP contribution < -0.4 is 10.1 Å². The van der Waals surface area contributed by atoms with Gasteiger partial charge >= 0.3 is 0 Å². The van der Waals surface area contributed by atoms with E-state index in [1.165, 1.54) is 24.0 Å². The summed E-state index contributed by atoms with van der Waals surface area (Å²) in [6, 6.07) is 6.58. The molecule has 2 heterocycles. The van der Waals surface area contributed by atoms with Gasteiger partial charge in [-0.15, -0.1) is 0 Å². The van der Waals surface area contributed by atoms with Gasteiger partial charge in [-0.2, -0.15) is 0 Å². The largest absolute Gasteiger partial charge is 0.497 e. The highest BCUT2D eigenvalue weighted by Crippen LogP contribution is 2.60. The van der Waals surface area contributed by atoms with Crippen LogP contribution in [0.1, 0.15) is 43.2 Å². The molecule has 5 aliphatic rings. The van der Waals surface area contributed by atoms with E-state index < -0.39 is 5.60 Å². The van der Waals surface area contributed by atoms with Crippen LogP contribution in [-0.2, 0) is 16.6 Å². The molecule has 1 aromatic carbocycles. The molecule has 0 aromatic heterocycles. The van der Waals surface area contributed by atoms with Gasteiger partial charge in [-0.25, -0.2) is 0 Å². The second-order valence-electron chi connectivity index (χ2n) is 9.60. The fourth-order valence-corrected chi connectivity index (χ4v) is 6.63. The molecular formula is C23H28N2O3. The van der Waals surface area contributed by atoms with Gasteiger partial charge in [0, 0.05) is 30.5 Å². The van der Waals surface area contributed by atoms with E-state index in [0.29, 0.717) is 6.42 Å². The summed E-state index contributed by atoms with van der Waals surface area (Å²) in [6.07, 6.45) is 7.58. The summed E-state index contributed by atoms with van der Waals surface area (Å²) in [6.45, 7) is 2.13. The first-order valence-corrected chi connectivity index (χ1v) is 10.7. The van der Waals surface area contributed by atoms with E-state index in [0.717, 1.165) is 49.6 Å². The number of carbonyl (C=O) groups is 1. The quantitative estimate of drug-likeness (QED) is 0.841. The predicted molar refractivity (Wildman–Crippen MR) is 105 cm³/mol. The number of hydrogen-bond donors (Lipinski definition) is 2. The molecule has 2 N–H and O–H groups in total. The Morgan fingerprint density at radius 1 is 1.36 bits per heavy atom. The zero-order valence-electron chi connectivity index (χ0n) is 16.4. The van der Waals surface area contributed by atoms with Gasteiger partial charge < -0.3 is 15.2 Å². The van der Waals surface area contributed by atoms with E-state index >= 15 is 0 Å². The molecule has 1 unspecified atom stereocenters. The van der Waals surface area contributed by atoms with Crippen LogP contribution in [0.4, 0.5) is 0 Å². The Morgan fingerprint density at radius 3 is 3.00 bits per heavy atom. The van der Waals surface area contributed by atoms with Crippen LogP contribution in [0.3, 0.4) is 0 Å². The van der Waals surface area contributed by atoms with E-state index in [2.05, 4.69) is 22.3 Å². The Labute approximate surface area is 165 Å². The summed E-state index contributed by atoms with van der Waals surface area (Å²) in [5, 5.41) is 15.5. The third-order valence-electron chi connectivity index (χ3n) is 8.19. The zero-order chi connectivity index (χ0) is 19.1. The Kier molecular flexibility index (Phi) is 3.41. The summed E-state index contributed by atoms with van der Waals surface area (Å²) in [5.41, 5.74) is 2.53. The van der Waals surface area contributed by atoms with Crippen molar-refractivity contribution in [2.45, 2.75) is 61.6 Å². The molecule has 0 radical (unpaired) electrons. The SMILES string of the molecule is COc1ccc2c(c1)[C@]13CCN(CC4CC4)[C@H](C2)[C@]1(O)CC1=CC(=O)NC1C3. The van der Waals surface area contributed by atoms with Gasteiger partial charge in [0.25, 0.3) is 0 Å². The van der Waals surface area contributed by atoms with Crippen molar-refractivity contribution in [3.63, 3.8) is 0 Å². The molecule has 5 nitrogen and oxygen atoms in total. The number of amides is 1. The van der Waals surface area contributed by atoms with Crippen molar-refractivity contribution in [3.05, 3.63) is 41.0 Å². The summed E-state index contributed by atoms with van der Waals surface area (Å²) in [4.78, 5) is 14.6. The van der Waals surface area contributed by atoms with Gasteiger partial charge in [0.15, 0.2) is 0 Å². The monoisotopic (exact) mass is 380 g/mol. The fraction of sp³-hybridized carbons (Fsp3) is 0.609. The number of likely N-dealkylation sites (tertiary alicyclic amines) is 1. The molecule has 1 aromatic rings. The third kappa shape index (κ3) is 2.17. The van der Waals surface area contributed by atoms with E-state index in [-0.39, 0.29) is 23.4 Å². The highest BCUT2D eigenvalue weighted by molar-refractivity contribution is 5.92. The predicted octanol–water partition coefficient (Wildman–Crippen LogP) is 1.92. The molecule has 4 atom stereocenters. The number of carbonyl (C=O) groups excluding carboxylic acids is 1. The first kappa shape index (κ1) is 17.0. The number of nitrogens with zero attached hydrogens (tertiary/aromatic N) is 1. The maximum atomic E-state index is 12.3. The lowest BCUT2D eigenvalue weighted by molar-refractivity contribution is -0.159. The number of hydrogen-bond acceptors (Lipinski definition) is 4. The minimum absolute atomic E-state index is 0.00565. The lowest BCUT2D eigenvalue weighted by atomic mass is 9.48. The number of aliphatic hydroxyl groups is 1. The first-order chi connectivity index (χ1) is 13.5. The second kappa shape index (κ2) is 5.61. The number of benzene rings is 1. The van der Waals surface area contributed by atoms with Gasteiger partial charge in [0.1, 0.15) is 5.75 Å². The van der Waals surface area contributed by atoms with Crippen molar-refractivity contribution in [2.75, 3.05) is 20.2 Å². The van der Waals surface area contributed by atoms with Crippen molar-refractivity contribution >= 4 is 5.91 Å². The molecule has 2 aliphatic heterocycles. The van der Waals surface area contributed by atoms with Crippen LogP contribution in [0.5, 0.6) is 5.75 Å². The average molecular weight is 380 g/mol. The number of nitrogens with one attached hydrogen (secondary N) is 1. The minimum Gasteiger partial charge on any atom is -0.497 e. The Morgan fingerprint density at radius 2 is 2.21 bits per heavy atom. The van der Waals surface area contributed by atoms with Crippen LogP contribution in [-0.4, -0.2) is 53.8 Å². The highest BCUT2D eigenvalue weighted by atomic mass is 16.5. The third-order valence-corrected chi connectivity index (χ3v) is 8.19. The van der Waals surface area contributed by atoms with E-state index in [4.69, 9.17) is 4.74 Å². The van der Waals surface area contributed by atoms with Crippen LogP contribution in [0.2, 0.25) is 0 Å². The standard InChI is InChI=1S/C23H28N2O3/c1-28-17-5-4-15-8-20-23(27)11-16-9-21(26)24-19(16)12-22(23,18(15)10-17)6-7-25(20)13-14-2-3-14/h4-5,9-10,14,19-20,27H,2-3,6-8,11-13H2,1H3,(H,24,26)/t19?,20-,22-,23-/m1/s1. The van der Waals surface area contributed by atoms with E-state index in [1.807, 2.05) is 6.07 Å². The van der Waals surface area contributed by atoms with Crippen molar-refractivity contribution in [1.82, 2.24) is 10.2 Å². The van der Waals surface area contributed by atoms with Gasteiger partial charge in [0.05, 0.1) is 18.8 Å². The maximum absolute atomic E-state index is 12.3. The molecular weight excluding hydrogens is 352 g/mol. The number of ether oxygens (including phenoxy) is 1. The molecule has 148 valence electrons. The first-order valence-electron chi connectivity index (χ1n) is 10.7. The summed E-state index contributed by atoms with van der Waals surface area (Å²) < 4.78 is 5.54. The zero-order valence-corrected chi connectivity index (χ0v) is 16.4. The van der Waals surface area contributed by atoms with Crippen molar-refractivity contribution < 1.29 is 14.6 Å². The number of methoxy groups -OCH3 is 1. The number of fused-ring (bicyclic) bond motifs is 2. The molecule has 2 bridgehead atoms. The molecule has 2 saturated carbocycles. The molecule has 3 aliphatic carbocycles. The van der Waals surface area contributed by atoms with Crippen LogP contribution in [0, 0.1) is 5.92 Å². The summed E-state index contributed by atoms with van der Waals surface area (Å²) in [7, 11) is 1.70. The van der Waals surface area contributed by atoms with Crippen LogP contribution in [0.25, 0.3) is 0 Å². The Hall–Kier alpha value is -1.85. The minimum atomic E-state index is -0.825. The molecule has 3 fully saturated rings. The average Bonchev–Trinajstić information content (AvgIpc) is 3.42. The molecule has 5 heteroatoms. The molecule has 6 rings (SSSR count). The lowest BCUT2D eigenvalue weighted by Crippen LogP contribution is -2.74. The smallest absolute Gasteiger partial charge is 0.244 e. The fourth-order valence-electron chi connectivity index (χ4n) is 6.63. The van der Waals surface area contributed by atoms with Crippen molar-refractivity contribution in [3.8, 4) is 5.75 Å². The summed E-state index contributed by atoms with van der Waals surface area (Å²) in [5.74, 6) is 1.65. The van der Waals surface area contributed by atoms with Gasteiger partial charge in [0.2, 0.25) is 5.91 Å². The summed E-state index contributed by atoms with van der Waals surface area (Å²) >= 11 is 0. The van der Waals surface area contributed by atoms with Crippen molar-refractivity contribution in [1.29, 1.82) is 0 Å². The van der Waals surface area contributed by atoms with Crippen molar-refractivity contribution in [2.24, 2.45) is 5.92 Å². The Bertz CT molecular complexity index is 892. The molecule has 1 amide bonds. The van der Waals surface area contributed by atoms with E-state index in [1.54, 1.807) is 13.2 Å². The van der Waals surface area contributed by atoms with E-state index in [9.17, 15) is 9.90 Å². The van der Waals surface area contributed by atoms with Gasteiger partial charge in [-0.1, -0.05) is 6.07 Å². The van der Waals surface area contributed by atoms with Crippen LogP contribution in [0.15, 0.2) is 29.8 Å². The molecule has 0 spiro atoms. The van der Waals surface area contributed by atoms with Gasteiger partial charge in [-0.05, 0) is 73.4 Å². The second-order valence-corrected chi connectivity index (χ2v) is 9.60. The molecule has 1 saturated heterocycles.